The molecule has 1 aliphatic rings. The van der Waals surface area contributed by atoms with Crippen LogP contribution in [0.3, 0.4) is 0 Å². The van der Waals surface area contributed by atoms with E-state index in [2.05, 4.69) is 42.1 Å². The molecule has 1 aliphatic heterocycles. The zero-order valence-corrected chi connectivity index (χ0v) is 12.8. The molecule has 1 N–H and O–H groups in total. The van der Waals surface area contributed by atoms with Crippen LogP contribution in [0.2, 0.25) is 0 Å². The van der Waals surface area contributed by atoms with Crippen LogP contribution in [0.4, 0.5) is 10.5 Å². The zero-order chi connectivity index (χ0) is 15.0. The summed E-state index contributed by atoms with van der Waals surface area (Å²) in [6.07, 6.45) is 2.07. The van der Waals surface area contributed by atoms with Crippen molar-refractivity contribution in [2.24, 2.45) is 0 Å². The topological polar surface area (TPSA) is 37.3 Å². The van der Waals surface area contributed by atoms with E-state index >= 15 is 0 Å². The Balaban J connectivity index is 1.77. The molecule has 0 bridgehead atoms. The number of nitrogens with one attached hydrogen (secondary N) is 1. The van der Waals surface area contributed by atoms with Crippen molar-refractivity contribution in [1.82, 2.24) is 9.47 Å². The number of benzene rings is 1. The van der Waals surface area contributed by atoms with Crippen molar-refractivity contribution in [3.05, 3.63) is 53.3 Å². The summed E-state index contributed by atoms with van der Waals surface area (Å²) < 4.78 is 2.21. The molecule has 2 heterocycles. The molecule has 4 nitrogen and oxygen atoms in total. The maximum Gasteiger partial charge on any atom is 0.322 e. The zero-order valence-electron chi connectivity index (χ0n) is 12.8. The Kier molecular flexibility index (Phi) is 3.45. The summed E-state index contributed by atoms with van der Waals surface area (Å²) in [5.41, 5.74) is 4.38. The molecule has 0 radical (unpaired) electrons. The number of aryl methyl sites for hydroxylation is 2. The number of urea groups is 1. The first-order chi connectivity index (χ1) is 10.1. The van der Waals surface area contributed by atoms with Gasteiger partial charge in [-0.05, 0) is 44.5 Å². The number of carbonyl (C=O) groups excluding carboxylic acids is 1. The van der Waals surface area contributed by atoms with Gasteiger partial charge in [-0.25, -0.2) is 4.79 Å². The van der Waals surface area contributed by atoms with Crippen molar-refractivity contribution < 1.29 is 4.79 Å². The molecule has 1 aromatic heterocycles. The smallest absolute Gasteiger partial charge is 0.322 e. The van der Waals surface area contributed by atoms with Crippen molar-refractivity contribution in [3.8, 4) is 0 Å². The van der Waals surface area contributed by atoms with Crippen LogP contribution in [0.15, 0.2) is 36.5 Å². The van der Waals surface area contributed by atoms with Gasteiger partial charge in [0.25, 0.3) is 0 Å². The first-order valence-corrected chi connectivity index (χ1v) is 7.36. The van der Waals surface area contributed by atoms with Crippen LogP contribution < -0.4 is 5.32 Å². The van der Waals surface area contributed by atoms with E-state index in [0.717, 1.165) is 24.3 Å². The fourth-order valence-electron chi connectivity index (χ4n) is 3.00. The third kappa shape index (κ3) is 2.53. The van der Waals surface area contributed by atoms with E-state index in [1.54, 1.807) is 0 Å². The number of anilines is 1. The second-order valence-electron chi connectivity index (χ2n) is 5.74. The summed E-state index contributed by atoms with van der Waals surface area (Å²) in [5.74, 6) is 0. The largest absolute Gasteiger partial charge is 0.348 e. The predicted octanol–water partition coefficient (Wildman–Crippen LogP) is 3.71. The lowest BCUT2D eigenvalue weighted by atomic mass is 10.1. The van der Waals surface area contributed by atoms with Gasteiger partial charge in [-0.3, -0.25) is 0 Å². The summed E-state index contributed by atoms with van der Waals surface area (Å²) in [6, 6.07) is 10.3. The number of hydrogen-bond donors (Lipinski definition) is 1. The highest BCUT2D eigenvalue weighted by molar-refractivity contribution is 5.90. The van der Waals surface area contributed by atoms with E-state index in [0.29, 0.717) is 0 Å². The molecule has 0 aliphatic carbocycles. The molecular weight excluding hydrogens is 262 g/mol. The van der Waals surface area contributed by atoms with Crippen LogP contribution >= 0.6 is 0 Å². The van der Waals surface area contributed by atoms with Crippen molar-refractivity contribution in [2.75, 3.05) is 11.9 Å². The Labute approximate surface area is 125 Å². The first kappa shape index (κ1) is 13.7. The van der Waals surface area contributed by atoms with Gasteiger partial charge in [0.2, 0.25) is 0 Å². The maximum absolute atomic E-state index is 12.6. The van der Waals surface area contributed by atoms with Gasteiger partial charge in [0.15, 0.2) is 0 Å². The second-order valence-corrected chi connectivity index (χ2v) is 5.74. The van der Waals surface area contributed by atoms with E-state index in [4.69, 9.17) is 0 Å². The lowest BCUT2D eigenvalue weighted by Crippen LogP contribution is -2.43. The Morgan fingerprint density at radius 1 is 1.24 bits per heavy atom. The summed E-state index contributed by atoms with van der Waals surface area (Å²) in [5, 5.41) is 3.04. The van der Waals surface area contributed by atoms with Crippen LogP contribution in [-0.2, 0) is 6.54 Å². The number of nitrogens with zero attached hydrogens (tertiary/aromatic N) is 2. The first-order valence-electron chi connectivity index (χ1n) is 7.36. The standard InChI is InChI=1S/C17H21N3O/c1-12-6-7-15(13(2)11-12)18-17(21)20-10-9-19-8-4-5-16(19)14(20)3/h4-8,11,14H,9-10H2,1-3H3,(H,18,21). The number of hydrogen-bond acceptors (Lipinski definition) is 1. The van der Waals surface area contributed by atoms with E-state index in [9.17, 15) is 4.79 Å². The van der Waals surface area contributed by atoms with Gasteiger partial charge in [-0.15, -0.1) is 0 Å². The average Bonchev–Trinajstić information content (AvgIpc) is 2.91. The van der Waals surface area contributed by atoms with Crippen molar-refractivity contribution in [2.45, 2.75) is 33.4 Å². The molecule has 3 rings (SSSR count). The van der Waals surface area contributed by atoms with Gasteiger partial charge in [0.1, 0.15) is 0 Å². The van der Waals surface area contributed by atoms with E-state index in [1.165, 1.54) is 11.3 Å². The molecule has 110 valence electrons. The normalized spacial score (nSPS) is 17.5. The molecule has 1 atom stereocenters. The molecule has 0 saturated heterocycles. The van der Waals surface area contributed by atoms with Crippen LogP contribution in [0.1, 0.15) is 29.8 Å². The van der Waals surface area contributed by atoms with E-state index in [1.807, 2.05) is 30.0 Å². The Bertz CT molecular complexity index is 674. The van der Waals surface area contributed by atoms with E-state index in [-0.39, 0.29) is 12.1 Å². The Morgan fingerprint density at radius 2 is 2.05 bits per heavy atom. The number of amides is 2. The van der Waals surface area contributed by atoms with Gasteiger partial charge in [0, 0.05) is 30.7 Å². The fraction of sp³-hybridized carbons (Fsp3) is 0.353. The van der Waals surface area contributed by atoms with Gasteiger partial charge in [-0.2, -0.15) is 0 Å². The lowest BCUT2D eigenvalue weighted by molar-refractivity contribution is 0.175. The summed E-state index contributed by atoms with van der Waals surface area (Å²) in [6.45, 7) is 7.74. The van der Waals surface area contributed by atoms with Gasteiger partial charge in [-0.1, -0.05) is 17.7 Å². The summed E-state index contributed by atoms with van der Waals surface area (Å²) in [4.78, 5) is 14.4. The van der Waals surface area contributed by atoms with Crippen LogP contribution in [0, 0.1) is 13.8 Å². The van der Waals surface area contributed by atoms with Gasteiger partial charge in [0.05, 0.1) is 6.04 Å². The second kappa shape index (κ2) is 5.28. The molecule has 2 aromatic rings. The van der Waals surface area contributed by atoms with Crippen LogP contribution in [-0.4, -0.2) is 22.0 Å². The minimum absolute atomic E-state index is 0.0260. The van der Waals surface area contributed by atoms with Crippen molar-refractivity contribution in [1.29, 1.82) is 0 Å². The molecule has 1 aromatic carbocycles. The highest BCUT2D eigenvalue weighted by Crippen LogP contribution is 2.26. The number of aromatic nitrogens is 1. The molecule has 2 amide bonds. The molecule has 0 fully saturated rings. The fourth-order valence-corrected chi connectivity index (χ4v) is 3.00. The lowest BCUT2D eigenvalue weighted by Gasteiger charge is -2.35. The number of carbonyl (C=O) groups is 1. The van der Waals surface area contributed by atoms with E-state index < -0.39 is 0 Å². The summed E-state index contributed by atoms with van der Waals surface area (Å²) >= 11 is 0. The monoisotopic (exact) mass is 283 g/mol. The molecule has 0 saturated carbocycles. The van der Waals surface area contributed by atoms with Crippen LogP contribution in [0.5, 0.6) is 0 Å². The molecular formula is C17H21N3O. The molecule has 0 spiro atoms. The third-order valence-corrected chi connectivity index (χ3v) is 4.23. The SMILES string of the molecule is Cc1ccc(NC(=O)N2CCn3cccc3C2C)c(C)c1. The van der Waals surface area contributed by atoms with Gasteiger partial charge < -0.3 is 14.8 Å². The van der Waals surface area contributed by atoms with Crippen LogP contribution in [0.25, 0.3) is 0 Å². The van der Waals surface area contributed by atoms with Gasteiger partial charge >= 0.3 is 6.03 Å². The number of fused-ring (bicyclic) bond motifs is 1. The maximum atomic E-state index is 12.6. The highest BCUT2D eigenvalue weighted by Gasteiger charge is 2.27. The quantitative estimate of drug-likeness (QED) is 0.851. The minimum atomic E-state index is -0.0260. The minimum Gasteiger partial charge on any atom is -0.348 e. The molecule has 21 heavy (non-hydrogen) atoms. The Hall–Kier alpha value is -2.23. The average molecular weight is 283 g/mol. The molecule has 1 unspecified atom stereocenters. The predicted molar refractivity (Wildman–Crippen MR) is 84.5 cm³/mol. The third-order valence-electron chi connectivity index (χ3n) is 4.23. The Morgan fingerprint density at radius 3 is 2.81 bits per heavy atom. The highest BCUT2D eigenvalue weighted by atomic mass is 16.2. The number of rotatable bonds is 1. The van der Waals surface area contributed by atoms with Crippen molar-refractivity contribution >= 4 is 11.7 Å². The van der Waals surface area contributed by atoms with Crippen molar-refractivity contribution in [3.63, 3.8) is 0 Å². The summed E-state index contributed by atoms with van der Waals surface area (Å²) in [7, 11) is 0. The molecule has 4 heteroatoms.